The highest BCUT2D eigenvalue weighted by Gasteiger charge is 2.53. The van der Waals surface area contributed by atoms with E-state index in [0.29, 0.717) is 30.4 Å². The summed E-state index contributed by atoms with van der Waals surface area (Å²) in [6, 6.07) is 21.0. The number of nitrogens with one attached hydrogen (secondary N) is 1. The minimum atomic E-state index is -1.17. The Labute approximate surface area is 233 Å². The molecule has 3 aromatic carbocycles. The zero-order valence-electron chi connectivity index (χ0n) is 20.7. The minimum Gasteiger partial charge on any atom is -0.376 e. The van der Waals surface area contributed by atoms with Crippen molar-refractivity contribution in [3.05, 3.63) is 106 Å². The molecule has 0 aromatic heterocycles. The number of halogens is 3. The molecule has 0 unspecified atom stereocenters. The first-order valence-electron chi connectivity index (χ1n) is 12.4. The van der Waals surface area contributed by atoms with Crippen molar-refractivity contribution in [2.45, 2.75) is 36.8 Å². The third-order valence-electron chi connectivity index (χ3n) is 6.93. The topological polar surface area (TPSA) is 59.9 Å². The molecule has 198 valence electrons. The average Bonchev–Trinajstić information content (AvgIpc) is 2.92. The summed E-state index contributed by atoms with van der Waals surface area (Å²) in [5.41, 5.74) is 0.577. The van der Waals surface area contributed by atoms with Gasteiger partial charge in [0.05, 0.1) is 30.4 Å². The number of amides is 1. The maximum absolute atomic E-state index is 15.4. The van der Waals surface area contributed by atoms with Gasteiger partial charge in [-0.25, -0.2) is 13.8 Å². The second-order valence-corrected chi connectivity index (χ2v) is 11.6. The van der Waals surface area contributed by atoms with Crippen LogP contribution in [0.1, 0.15) is 34.8 Å². The Morgan fingerprint density at radius 2 is 1.84 bits per heavy atom. The van der Waals surface area contributed by atoms with Crippen LogP contribution in [0, 0.1) is 17.6 Å². The van der Waals surface area contributed by atoms with Crippen molar-refractivity contribution >= 4 is 38.8 Å². The van der Waals surface area contributed by atoms with E-state index in [1.807, 2.05) is 43.3 Å². The zero-order chi connectivity index (χ0) is 26.7. The standard InChI is InChI=1S/C29H27BrF2N2O3S/c1-18-12-22-26(16-36-15-19-8-4-2-5-9-19)38-28(33-27(35)20-10-6-3-7-11-20)34-29(22,17-37-18)21-13-23(30)25(32)14-24(21)31/h2-11,13-14,18,22,26H,12,15-17H2,1H3,(H,33,34,35)/t18-,22-,26+,29+/m0/s1. The van der Waals surface area contributed by atoms with Crippen LogP contribution in [0.2, 0.25) is 0 Å². The number of fused-ring (bicyclic) bond motifs is 1. The molecule has 38 heavy (non-hydrogen) atoms. The van der Waals surface area contributed by atoms with Crippen molar-refractivity contribution in [3.63, 3.8) is 0 Å². The number of carbonyl (C=O) groups excluding carboxylic acids is 1. The van der Waals surface area contributed by atoms with Crippen LogP contribution in [0.5, 0.6) is 0 Å². The lowest BCUT2D eigenvalue weighted by atomic mass is 9.72. The van der Waals surface area contributed by atoms with Crippen LogP contribution < -0.4 is 5.32 Å². The summed E-state index contributed by atoms with van der Waals surface area (Å²) in [5.74, 6) is -1.91. The molecular weight excluding hydrogens is 574 g/mol. The maximum atomic E-state index is 15.4. The van der Waals surface area contributed by atoms with E-state index in [4.69, 9.17) is 14.5 Å². The number of hydrogen-bond acceptors (Lipinski definition) is 5. The van der Waals surface area contributed by atoms with Gasteiger partial charge in [0.25, 0.3) is 5.91 Å². The lowest BCUT2D eigenvalue weighted by Gasteiger charge is -2.49. The fraction of sp³-hybridized carbons (Fsp3) is 0.310. The molecular formula is C29H27BrF2N2O3S. The summed E-state index contributed by atoms with van der Waals surface area (Å²) in [5, 5.41) is 3.09. The van der Waals surface area contributed by atoms with E-state index in [9.17, 15) is 9.18 Å². The SMILES string of the molecule is C[C@H]1C[C@H]2[C@@H](COCc3ccccc3)SC(NC(=O)c3ccccc3)=N[C@@]2(c2cc(Br)c(F)cc2F)CO1. The molecule has 0 saturated carbocycles. The second-order valence-electron chi connectivity index (χ2n) is 9.53. The molecule has 1 saturated heterocycles. The molecule has 2 aliphatic rings. The molecule has 0 radical (unpaired) electrons. The van der Waals surface area contributed by atoms with Crippen molar-refractivity contribution in [3.8, 4) is 0 Å². The molecule has 1 N–H and O–H groups in total. The molecule has 2 heterocycles. The third kappa shape index (κ3) is 5.71. The van der Waals surface area contributed by atoms with Gasteiger partial charge in [-0.05, 0) is 53.0 Å². The predicted molar refractivity (Wildman–Crippen MR) is 148 cm³/mol. The molecule has 1 amide bonds. The van der Waals surface area contributed by atoms with Gasteiger partial charge in [-0.15, -0.1) is 0 Å². The fourth-order valence-electron chi connectivity index (χ4n) is 5.03. The highest BCUT2D eigenvalue weighted by molar-refractivity contribution is 9.10. The normalized spacial score (nSPS) is 24.8. The Hall–Kier alpha value is -2.59. The number of benzene rings is 3. The Morgan fingerprint density at radius 3 is 2.58 bits per heavy atom. The summed E-state index contributed by atoms with van der Waals surface area (Å²) >= 11 is 4.62. The van der Waals surface area contributed by atoms with Crippen molar-refractivity contribution in [1.29, 1.82) is 0 Å². The first kappa shape index (κ1) is 27.0. The van der Waals surface area contributed by atoms with E-state index in [1.54, 1.807) is 24.3 Å². The van der Waals surface area contributed by atoms with Gasteiger partial charge in [0.1, 0.15) is 17.2 Å². The largest absolute Gasteiger partial charge is 0.376 e. The van der Waals surface area contributed by atoms with Crippen molar-refractivity contribution in [1.82, 2.24) is 5.32 Å². The molecule has 0 aliphatic carbocycles. The van der Waals surface area contributed by atoms with E-state index in [-0.39, 0.29) is 39.8 Å². The molecule has 4 atom stereocenters. The van der Waals surface area contributed by atoms with E-state index in [2.05, 4.69) is 21.2 Å². The van der Waals surface area contributed by atoms with E-state index in [1.165, 1.54) is 17.8 Å². The Kier molecular flexibility index (Phi) is 8.28. The minimum absolute atomic E-state index is 0.0760. The molecule has 9 heteroatoms. The number of hydrogen-bond donors (Lipinski definition) is 1. The lowest BCUT2D eigenvalue weighted by molar-refractivity contribution is -0.0606. The maximum Gasteiger partial charge on any atom is 0.257 e. The van der Waals surface area contributed by atoms with Crippen LogP contribution in [-0.4, -0.2) is 35.6 Å². The van der Waals surface area contributed by atoms with Gasteiger partial charge in [0, 0.05) is 28.4 Å². The van der Waals surface area contributed by atoms with Gasteiger partial charge >= 0.3 is 0 Å². The summed E-state index contributed by atoms with van der Waals surface area (Å²) in [4.78, 5) is 18.0. The Bertz CT molecular complexity index is 1330. The van der Waals surface area contributed by atoms with Gasteiger partial charge in [-0.1, -0.05) is 60.3 Å². The Balaban J connectivity index is 1.52. The molecule has 2 aliphatic heterocycles. The zero-order valence-corrected chi connectivity index (χ0v) is 23.1. The fourth-order valence-corrected chi connectivity index (χ4v) is 6.69. The van der Waals surface area contributed by atoms with Crippen LogP contribution in [0.25, 0.3) is 0 Å². The summed E-state index contributed by atoms with van der Waals surface area (Å²) in [6.45, 7) is 2.84. The molecule has 0 spiro atoms. The predicted octanol–water partition coefficient (Wildman–Crippen LogP) is 6.47. The number of carbonyl (C=O) groups is 1. The van der Waals surface area contributed by atoms with Crippen LogP contribution in [0.15, 0.2) is 82.3 Å². The molecule has 3 aromatic rings. The summed E-state index contributed by atoms with van der Waals surface area (Å²) in [7, 11) is 0. The lowest BCUT2D eigenvalue weighted by Crippen LogP contribution is -2.55. The quantitative estimate of drug-likeness (QED) is 0.330. The summed E-state index contributed by atoms with van der Waals surface area (Å²) in [6.07, 6.45) is 0.525. The molecule has 5 nitrogen and oxygen atoms in total. The van der Waals surface area contributed by atoms with Crippen molar-refractivity contribution in [2.75, 3.05) is 13.2 Å². The van der Waals surface area contributed by atoms with Gasteiger partial charge in [-0.2, -0.15) is 0 Å². The van der Waals surface area contributed by atoms with E-state index >= 15 is 4.39 Å². The monoisotopic (exact) mass is 600 g/mol. The van der Waals surface area contributed by atoms with Gasteiger partial charge in [0.2, 0.25) is 0 Å². The van der Waals surface area contributed by atoms with E-state index < -0.39 is 17.2 Å². The number of rotatable bonds is 6. The number of aliphatic imine (C=N–C) groups is 1. The Morgan fingerprint density at radius 1 is 1.13 bits per heavy atom. The summed E-state index contributed by atoms with van der Waals surface area (Å²) < 4.78 is 42.0. The third-order valence-corrected chi connectivity index (χ3v) is 8.72. The first-order chi connectivity index (χ1) is 18.4. The van der Waals surface area contributed by atoms with Crippen LogP contribution in [0.3, 0.4) is 0 Å². The van der Waals surface area contributed by atoms with Crippen molar-refractivity contribution in [2.24, 2.45) is 10.9 Å². The van der Waals surface area contributed by atoms with Gasteiger partial charge < -0.3 is 14.8 Å². The number of ether oxygens (including phenoxy) is 2. The number of nitrogens with zero attached hydrogens (tertiary/aromatic N) is 1. The highest BCUT2D eigenvalue weighted by atomic mass is 79.9. The second kappa shape index (κ2) is 11.7. The number of thioether (sulfide) groups is 1. The van der Waals surface area contributed by atoms with Crippen LogP contribution >= 0.6 is 27.7 Å². The average molecular weight is 602 g/mol. The molecule has 1 fully saturated rings. The van der Waals surface area contributed by atoms with Gasteiger partial charge in [0.15, 0.2) is 5.17 Å². The van der Waals surface area contributed by atoms with Crippen LogP contribution in [-0.2, 0) is 21.6 Å². The molecule has 0 bridgehead atoms. The van der Waals surface area contributed by atoms with Crippen molar-refractivity contribution < 1.29 is 23.0 Å². The smallest absolute Gasteiger partial charge is 0.257 e. The number of amidine groups is 1. The molecule has 5 rings (SSSR count). The highest BCUT2D eigenvalue weighted by Crippen LogP contribution is 2.50. The van der Waals surface area contributed by atoms with Gasteiger partial charge in [-0.3, -0.25) is 4.79 Å². The first-order valence-corrected chi connectivity index (χ1v) is 14.0. The van der Waals surface area contributed by atoms with Crippen LogP contribution in [0.4, 0.5) is 8.78 Å². The van der Waals surface area contributed by atoms with E-state index in [0.717, 1.165) is 11.6 Å².